The molecule has 0 aromatic carbocycles. The van der Waals surface area contributed by atoms with Gasteiger partial charge in [0.25, 0.3) is 0 Å². The van der Waals surface area contributed by atoms with Gasteiger partial charge >= 0.3 is 5.97 Å². The van der Waals surface area contributed by atoms with Gasteiger partial charge in [-0.2, -0.15) is 0 Å². The largest absolute Gasteiger partial charge is 0.468 e. The summed E-state index contributed by atoms with van der Waals surface area (Å²) < 4.78 is 4.54. The lowest BCUT2D eigenvalue weighted by atomic mass is 9.76. The van der Waals surface area contributed by atoms with Gasteiger partial charge in [0.2, 0.25) is 5.91 Å². The first-order valence-electron chi connectivity index (χ1n) is 6.00. The molecule has 0 aromatic rings. The Morgan fingerprint density at radius 1 is 1.53 bits per heavy atom. The van der Waals surface area contributed by atoms with Crippen molar-refractivity contribution in [1.29, 1.82) is 0 Å². The minimum atomic E-state index is -0.805. The Labute approximate surface area is 102 Å². The van der Waals surface area contributed by atoms with Gasteiger partial charge in [-0.25, -0.2) is 0 Å². The average molecular weight is 242 g/mol. The molecule has 5 nitrogen and oxygen atoms in total. The predicted octanol–water partition coefficient (Wildman–Crippen LogP) is 0.525. The van der Waals surface area contributed by atoms with E-state index >= 15 is 0 Å². The first-order valence-corrected chi connectivity index (χ1v) is 6.00. The summed E-state index contributed by atoms with van der Waals surface area (Å²) in [4.78, 5) is 24.7. The van der Waals surface area contributed by atoms with Gasteiger partial charge in [-0.1, -0.05) is 19.8 Å². The van der Waals surface area contributed by atoms with E-state index in [-0.39, 0.29) is 12.5 Å². The average Bonchev–Trinajstić information content (AvgIpc) is 2.27. The van der Waals surface area contributed by atoms with Crippen molar-refractivity contribution < 1.29 is 14.3 Å². The molecule has 2 unspecified atom stereocenters. The third-order valence-electron chi connectivity index (χ3n) is 3.40. The molecule has 2 N–H and O–H groups in total. The quantitative estimate of drug-likeness (QED) is 0.732. The van der Waals surface area contributed by atoms with Crippen LogP contribution in [0.4, 0.5) is 0 Å². The lowest BCUT2D eigenvalue weighted by Crippen LogP contribution is -2.57. The van der Waals surface area contributed by atoms with Crippen LogP contribution in [0.15, 0.2) is 0 Å². The lowest BCUT2D eigenvalue weighted by molar-refractivity contribution is -0.148. The maximum atomic E-state index is 12.2. The fourth-order valence-electron chi connectivity index (χ4n) is 2.50. The molecule has 0 saturated heterocycles. The zero-order valence-corrected chi connectivity index (χ0v) is 10.9. The minimum Gasteiger partial charge on any atom is -0.468 e. The molecule has 1 aliphatic rings. The van der Waals surface area contributed by atoms with Crippen molar-refractivity contribution in [3.8, 4) is 0 Å². The Morgan fingerprint density at radius 2 is 2.18 bits per heavy atom. The van der Waals surface area contributed by atoms with Crippen molar-refractivity contribution in [2.24, 2.45) is 11.7 Å². The van der Waals surface area contributed by atoms with Crippen LogP contribution in [-0.4, -0.2) is 43.0 Å². The maximum absolute atomic E-state index is 12.2. The van der Waals surface area contributed by atoms with E-state index in [0.717, 1.165) is 12.8 Å². The Balaban J connectivity index is 2.64. The van der Waals surface area contributed by atoms with E-state index in [9.17, 15) is 9.59 Å². The molecular weight excluding hydrogens is 220 g/mol. The highest BCUT2D eigenvalue weighted by Crippen LogP contribution is 2.31. The van der Waals surface area contributed by atoms with Gasteiger partial charge in [-0.05, 0) is 18.8 Å². The second-order valence-corrected chi connectivity index (χ2v) is 5.10. The number of esters is 1. The van der Waals surface area contributed by atoms with Crippen LogP contribution in [0.2, 0.25) is 0 Å². The molecule has 17 heavy (non-hydrogen) atoms. The zero-order valence-electron chi connectivity index (χ0n) is 10.9. The van der Waals surface area contributed by atoms with Gasteiger partial charge in [0.05, 0.1) is 12.6 Å². The highest BCUT2D eigenvalue weighted by molar-refractivity contribution is 5.88. The molecule has 0 heterocycles. The molecule has 1 aliphatic carbocycles. The van der Waals surface area contributed by atoms with Crippen molar-refractivity contribution in [1.82, 2.24) is 4.90 Å². The Morgan fingerprint density at radius 3 is 2.71 bits per heavy atom. The van der Waals surface area contributed by atoms with E-state index in [0.29, 0.717) is 18.8 Å². The van der Waals surface area contributed by atoms with Crippen LogP contribution in [-0.2, 0) is 14.3 Å². The van der Waals surface area contributed by atoms with Crippen LogP contribution in [0.1, 0.15) is 32.6 Å². The fraction of sp³-hybridized carbons (Fsp3) is 0.833. The Bertz CT molecular complexity index is 306. The van der Waals surface area contributed by atoms with Crippen molar-refractivity contribution >= 4 is 11.9 Å². The van der Waals surface area contributed by atoms with Crippen LogP contribution in [0, 0.1) is 5.92 Å². The molecule has 0 aromatic heterocycles. The molecule has 0 spiro atoms. The summed E-state index contributed by atoms with van der Waals surface area (Å²) in [7, 11) is 2.90. The van der Waals surface area contributed by atoms with Crippen molar-refractivity contribution in [3.05, 3.63) is 0 Å². The molecular formula is C12H22N2O3. The molecule has 0 aliphatic heterocycles. The number of carbonyl (C=O) groups is 2. The van der Waals surface area contributed by atoms with Crippen LogP contribution < -0.4 is 5.73 Å². The van der Waals surface area contributed by atoms with E-state index in [1.807, 2.05) is 0 Å². The van der Waals surface area contributed by atoms with Gasteiger partial charge in [-0.15, -0.1) is 0 Å². The number of amides is 1. The van der Waals surface area contributed by atoms with Crippen molar-refractivity contribution in [3.63, 3.8) is 0 Å². The minimum absolute atomic E-state index is 0.0390. The second kappa shape index (κ2) is 5.49. The molecule has 1 fully saturated rings. The molecule has 1 amide bonds. The van der Waals surface area contributed by atoms with Gasteiger partial charge in [-0.3, -0.25) is 9.59 Å². The summed E-state index contributed by atoms with van der Waals surface area (Å²) in [5.74, 6) is -0.119. The number of nitrogens with zero attached hydrogens (tertiary/aromatic N) is 1. The summed E-state index contributed by atoms with van der Waals surface area (Å²) in [6, 6.07) is 0. The highest BCUT2D eigenvalue weighted by atomic mass is 16.5. The number of carbonyl (C=O) groups excluding carboxylic acids is 2. The van der Waals surface area contributed by atoms with Gasteiger partial charge in [0.1, 0.15) is 6.54 Å². The molecule has 5 heteroatoms. The zero-order chi connectivity index (χ0) is 13.1. The van der Waals surface area contributed by atoms with Gasteiger partial charge in [0.15, 0.2) is 0 Å². The van der Waals surface area contributed by atoms with E-state index in [1.54, 1.807) is 7.05 Å². The molecule has 2 atom stereocenters. The Hall–Kier alpha value is -1.10. The number of methoxy groups -OCH3 is 1. The summed E-state index contributed by atoms with van der Waals surface area (Å²) in [6.45, 7) is 2.07. The van der Waals surface area contributed by atoms with E-state index in [4.69, 9.17) is 5.73 Å². The predicted molar refractivity (Wildman–Crippen MR) is 64.2 cm³/mol. The number of ether oxygens (including phenoxy) is 1. The SMILES string of the molecule is COC(=O)CN(C)C(=O)C1(N)CCCC(C)C1. The second-order valence-electron chi connectivity index (χ2n) is 5.10. The topological polar surface area (TPSA) is 72.6 Å². The van der Waals surface area contributed by atoms with E-state index < -0.39 is 11.5 Å². The molecule has 0 bridgehead atoms. The fourth-order valence-corrected chi connectivity index (χ4v) is 2.50. The number of nitrogens with two attached hydrogens (primary N) is 1. The first-order chi connectivity index (χ1) is 7.89. The standard InChI is InChI=1S/C12H22N2O3/c1-9-5-4-6-12(13,7-9)11(16)14(2)8-10(15)17-3/h9H,4-8,13H2,1-3H3. The van der Waals surface area contributed by atoms with Gasteiger partial charge in [0, 0.05) is 7.05 Å². The maximum Gasteiger partial charge on any atom is 0.325 e. The van der Waals surface area contributed by atoms with Crippen LogP contribution in [0.3, 0.4) is 0 Å². The first kappa shape index (κ1) is 14.0. The van der Waals surface area contributed by atoms with Crippen LogP contribution >= 0.6 is 0 Å². The summed E-state index contributed by atoms with van der Waals surface area (Å²) in [5, 5.41) is 0. The number of likely N-dealkylation sites (N-methyl/N-ethyl adjacent to an activating group) is 1. The van der Waals surface area contributed by atoms with Crippen LogP contribution in [0.5, 0.6) is 0 Å². The molecule has 0 radical (unpaired) electrons. The van der Waals surface area contributed by atoms with Crippen LogP contribution in [0.25, 0.3) is 0 Å². The highest BCUT2D eigenvalue weighted by Gasteiger charge is 2.39. The molecule has 1 saturated carbocycles. The lowest BCUT2D eigenvalue weighted by Gasteiger charge is -2.37. The molecule has 1 rings (SSSR count). The Kier molecular flexibility index (Phi) is 4.51. The van der Waals surface area contributed by atoms with E-state index in [2.05, 4.69) is 11.7 Å². The normalized spacial score (nSPS) is 28.6. The van der Waals surface area contributed by atoms with E-state index in [1.165, 1.54) is 12.0 Å². The van der Waals surface area contributed by atoms with Crippen molar-refractivity contribution in [2.45, 2.75) is 38.1 Å². The monoisotopic (exact) mass is 242 g/mol. The number of hydrogen-bond donors (Lipinski definition) is 1. The summed E-state index contributed by atoms with van der Waals surface area (Å²) in [5.41, 5.74) is 5.36. The van der Waals surface area contributed by atoms with Crippen molar-refractivity contribution in [2.75, 3.05) is 20.7 Å². The number of rotatable bonds is 3. The smallest absolute Gasteiger partial charge is 0.325 e. The summed E-state index contributed by atoms with van der Waals surface area (Å²) >= 11 is 0. The number of hydrogen-bond acceptors (Lipinski definition) is 4. The molecule has 98 valence electrons. The third-order valence-corrected chi connectivity index (χ3v) is 3.40. The van der Waals surface area contributed by atoms with Gasteiger partial charge < -0.3 is 15.4 Å². The third kappa shape index (κ3) is 3.43. The summed E-state index contributed by atoms with van der Waals surface area (Å²) in [6.07, 6.45) is 3.47.